The van der Waals surface area contributed by atoms with Gasteiger partial charge in [-0.3, -0.25) is 9.59 Å². The van der Waals surface area contributed by atoms with Gasteiger partial charge in [-0.05, 0) is 51.2 Å². The third-order valence-corrected chi connectivity index (χ3v) is 4.43. The fourth-order valence-corrected chi connectivity index (χ4v) is 3.07. The van der Waals surface area contributed by atoms with Crippen molar-refractivity contribution in [3.63, 3.8) is 0 Å². The van der Waals surface area contributed by atoms with Crippen molar-refractivity contribution in [3.05, 3.63) is 32.7 Å². The molecule has 6 nitrogen and oxygen atoms in total. The summed E-state index contributed by atoms with van der Waals surface area (Å²) in [5.41, 5.74) is 1.99. The molecule has 0 saturated carbocycles. The normalized spacial score (nSPS) is 18.4. The van der Waals surface area contributed by atoms with Crippen molar-refractivity contribution >= 4 is 5.91 Å². The van der Waals surface area contributed by atoms with Crippen LogP contribution in [0.4, 0.5) is 0 Å². The van der Waals surface area contributed by atoms with Gasteiger partial charge < -0.3 is 15.0 Å². The summed E-state index contributed by atoms with van der Waals surface area (Å²) in [5, 5.41) is 12.0. The third-order valence-electron chi connectivity index (χ3n) is 4.43. The fraction of sp³-hybridized carbons (Fsp3) is 0.588. The molecular formula is C17H23N3O3. The molecule has 1 aliphatic rings. The Morgan fingerprint density at radius 2 is 2.26 bits per heavy atom. The molecule has 0 aromatic carbocycles. The number of nitriles is 1. The highest BCUT2D eigenvalue weighted by atomic mass is 16.5. The van der Waals surface area contributed by atoms with Crippen molar-refractivity contribution in [1.82, 2.24) is 10.3 Å². The highest BCUT2D eigenvalue weighted by Gasteiger charge is 2.23. The second kappa shape index (κ2) is 7.42. The molecule has 2 rings (SSSR count). The molecule has 23 heavy (non-hydrogen) atoms. The average Bonchev–Trinajstić information content (AvgIpc) is 3.01. The van der Waals surface area contributed by atoms with Crippen LogP contribution in [0.3, 0.4) is 0 Å². The van der Waals surface area contributed by atoms with Gasteiger partial charge in [-0.25, -0.2) is 0 Å². The van der Waals surface area contributed by atoms with Gasteiger partial charge in [-0.15, -0.1) is 0 Å². The maximum absolute atomic E-state index is 12.1. The first-order valence-corrected chi connectivity index (χ1v) is 7.97. The van der Waals surface area contributed by atoms with Gasteiger partial charge in [0.05, 0.1) is 12.1 Å². The zero-order chi connectivity index (χ0) is 17.0. The number of rotatable bonds is 5. The molecule has 0 bridgehead atoms. The molecule has 2 N–H and O–H groups in total. The predicted octanol–water partition coefficient (Wildman–Crippen LogP) is 1.48. The molecule has 2 atom stereocenters. The van der Waals surface area contributed by atoms with E-state index in [2.05, 4.69) is 10.3 Å². The number of hydrogen-bond donors (Lipinski definition) is 2. The molecule has 1 fully saturated rings. The number of amides is 1. The van der Waals surface area contributed by atoms with E-state index in [1.54, 1.807) is 13.8 Å². The monoisotopic (exact) mass is 317 g/mol. The van der Waals surface area contributed by atoms with Gasteiger partial charge >= 0.3 is 0 Å². The molecule has 1 aliphatic heterocycles. The Balaban J connectivity index is 1.99. The lowest BCUT2D eigenvalue weighted by Crippen LogP contribution is -2.40. The number of aryl methyl sites for hydroxylation is 1. The Hall–Kier alpha value is -2.13. The largest absolute Gasteiger partial charge is 0.376 e. The second-order valence-corrected chi connectivity index (χ2v) is 6.08. The van der Waals surface area contributed by atoms with E-state index in [-0.39, 0.29) is 29.2 Å². The van der Waals surface area contributed by atoms with E-state index < -0.39 is 0 Å². The van der Waals surface area contributed by atoms with Crippen LogP contribution in [-0.4, -0.2) is 29.6 Å². The smallest absolute Gasteiger partial charge is 0.266 e. The van der Waals surface area contributed by atoms with Crippen LogP contribution >= 0.6 is 0 Å². The third kappa shape index (κ3) is 3.99. The van der Waals surface area contributed by atoms with Gasteiger partial charge in [0.2, 0.25) is 5.91 Å². The minimum atomic E-state index is -0.372. The summed E-state index contributed by atoms with van der Waals surface area (Å²) in [6.45, 7) is 6.26. The van der Waals surface area contributed by atoms with Crippen molar-refractivity contribution in [3.8, 4) is 6.07 Å². The molecule has 1 aromatic heterocycles. The summed E-state index contributed by atoms with van der Waals surface area (Å²) in [6.07, 6.45) is 2.92. The summed E-state index contributed by atoms with van der Waals surface area (Å²) in [6, 6.07) is 1.92. The molecular weight excluding hydrogens is 294 g/mol. The number of nitrogens with zero attached hydrogens (tertiary/aromatic N) is 1. The highest BCUT2D eigenvalue weighted by molar-refractivity contribution is 5.76. The van der Waals surface area contributed by atoms with Crippen LogP contribution in [-0.2, 0) is 16.0 Å². The number of aromatic nitrogens is 1. The SMILES string of the molecule is Cc1[nH]c(=O)c(C#N)c(C)c1CCC(=O)N[C@@H](C)[C@@H]1CCCO1. The Kier molecular flexibility index (Phi) is 5.56. The lowest BCUT2D eigenvalue weighted by molar-refractivity contribution is -0.122. The molecule has 0 spiro atoms. The number of pyridine rings is 1. The minimum absolute atomic E-state index is 0.00237. The first kappa shape index (κ1) is 17.2. The molecule has 2 heterocycles. The minimum Gasteiger partial charge on any atom is -0.376 e. The van der Waals surface area contributed by atoms with Gasteiger partial charge in [-0.2, -0.15) is 5.26 Å². The molecule has 0 aliphatic carbocycles. The highest BCUT2D eigenvalue weighted by Crippen LogP contribution is 2.17. The van der Waals surface area contributed by atoms with Crippen LogP contribution < -0.4 is 10.9 Å². The first-order chi connectivity index (χ1) is 10.9. The maximum atomic E-state index is 12.1. The van der Waals surface area contributed by atoms with Gasteiger partial charge in [0, 0.05) is 18.7 Å². The number of carbonyl (C=O) groups is 1. The van der Waals surface area contributed by atoms with E-state index in [1.807, 2.05) is 13.0 Å². The summed E-state index contributed by atoms with van der Waals surface area (Å²) in [4.78, 5) is 26.5. The van der Waals surface area contributed by atoms with Crippen LogP contribution in [0.5, 0.6) is 0 Å². The molecule has 124 valence electrons. The van der Waals surface area contributed by atoms with Crippen molar-refractivity contribution in [2.45, 2.75) is 58.6 Å². The molecule has 1 amide bonds. The Morgan fingerprint density at radius 1 is 1.52 bits per heavy atom. The topological polar surface area (TPSA) is 95.0 Å². The molecule has 6 heteroatoms. The molecule has 0 unspecified atom stereocenters. The predicted molar refractivity (Wildman–Crippen MR) is 86.2 cm³/mol. The van der Waals surface area contributed by atoms with Gasteiger partial charge in [0.1, 0.15) is 11.6 Å². The molecule has 1 saturated heterocycles. The number of aromatic amines is 1. The van der Waals surface area contributed by atoms with Crippen molar-refractivity contribution in [2.75, 3.05) is 6.61 Å². The van der Waals surface area contributed by atoms with Crippen LogP contribution in [0, 0.1) is 25.2 Å². The van der Waals surface area contributed by atoms with Gasteiger partial charge in [-0.1, -0.05) is 0 Å². The van der Waals surface area contributed by atoms with Crippen LogP contribution in [0.25, 0.3) is 0 Å². The first-order valence-electron chi connectivity index (χ1n) is 7.97. The lowest BCUT2D eigenvalue weighted by Gasteiger charge is -2.20. The number of H-pyrrole nitrogens is 1. The summed E-state index contributed by atoms with van der Waals surface area (Å²) < 4.78 is 5.57. The second-order valence-electron chi connectivity index (χ2n) is 6.08. The Bertz CT molecular complexity index is 682. The Labute approximate surface area is 135 Å². The van der Waals surface area contributed by atoms with Crippen LogP contribution in [0.15, 0.2) is 4.79 Å². The number of carbonyl (C=O) groups excluding carboxylic acids is 1. The number of hydrogen-bond acceptors (Lipinski definition) is 4. The standard InChI is InChI=1S/C17H23N3O3/c1-10-13(11(2)20-17(22)14(10)9-18)6-7-16(21)19-12(3)15-5-4-8-23-15/h12,15H,4-8H2,1-3H3,(H,19,21)(H,20,22)/t12-,15-/m0/s1. The van der Waals surface area contributed by atoms with Crippen molar-refractivity contribution < 1.29 is 9.53 Å². The summed E-state index contributed by atoms with van der Waals surface area (Å²) in [7, 11) is 0. The van der Waals surface area contributed by atoms with Crippen molar-refractivity contribution in [1.29, 1.82) is 5.26 Å². The van der Waals surface area contributed by atoms with E-state index in [0.717, 1.165) is 25.0 Å². The van der Waals surface area contributed by atoms with E-state index >= 15 is 0 Å². The maximum Gasteiger partial charge on any atom is 0.266 e. The zero-order valence-electron chi connectivity index (χ0n) is 13.9. The molecule has 1 aromatic rings. The van der Waals surface area contributed by atoms with E-state index in [4.69, 9.17) is 10.00 Å². The van der Waals surface area contributed by atoms with E-state index in [1.165, 1.54) is 0 Å². The zero-order valence-corrected chi connectivity index (χ0v) is 13.9. The molecule has 0 radical (unpaired) electrons. The Morgan fingerprint density at radius 3 is 2.87 bits per heavy atom. The van der Waals surface area contributed by atoms with Crippen LogP contribution in [0.1, 0.15) is 48.6 Å². The lowest BCUT2D eigenvalue weighted by atomic mass is 9.99. The van der Waals surface area contributed by atoms with Gasteiger partial charge in [0.25, 0.3) is 5.56 Å². The quantitative estimate of drug-likeness (QED) is 0.860. The fourth-order valence-electron chi connectivity index (χ4n) is 3.07. The van der Waals surface area contributed by atoms with Crippen molar-refractivity contribution in [2.24, 2.45) is 0 Å². The number of ether oxygens (including phenoxy) is 1. The summed E-state index contributed by atoms with van der Waals surface area (Å²) >= 11 is 0. The van der Waals surface area contributed by atoms with Crippen LogP contribution in [0.2, 0.25) is 0 Å². The van der Waals surface area contributed by atoms with E-state index in [0.29, 0.717) is 24.1 Å². The summed E-state index contributed by atoms with van der Waals surface area (Å²) in [5.74, 6) is -0.0449. The van der Waals surface area contributed by atoms with Gasteiger partial charge in [0.15, 0.2) is 0 Å². The number of nitrogens with one attached hydrogen (secondary N) is 2. The average molecular weight is 317 g/mol. The van der Waals surface area contributed by atoms with E-state index in [9.17, 15) is 9.59 Å².